The first-order valence-electron chi connectivity index (χ1n) is 11.8. The summed E-state index contributed by atoms with van der Waals surface area (Å²) in [6.07, 6.45) is 1.12. The topological polar surface area (TPSA) is 69.9 Å². The van der Waals surface area contributed by atoms with E-state index in [0.29, 0.717) is 6.42 Å². The van der Waals surface area contributed by atoms with E-state index in [1.165, 1.54) is 11.1 Å². The summed E-state index contributed by atoms with van der Waals surface area (Å²) in [6, 6.07) is 12.9. The average molecular weight is 443 g/mol. The molecule has 0 radical (unpaired) electrons. The Morgan fingerprint density at radius 1 is 0.875 bits per heavy atom. The van der Waals surface area contributed by atoms with Crippen LogP contribution in [-0.4, -0.2) is 40.7 Å². The second-order valence-corrected chi connectivity index (χ2v) is 10.1. The summed E-state index contributed by atoms with van der Waals surface area (Å²) in [4.78, 5) is 0. The van der Waals surface area contributed by atoms with E-state index in [0.717, 1.165) is 35.3 Å². The third-order valence-electron chi connectivity index (χ3n) is 6.89. The number of rotatable bonds is 10. The first-order chi connectivity index (χ1) is 15.0. The summed E-state index contributed by atoms with van der Waals surface area (Å²) in [5.74, 6) is 0.808. The molecule has 0 aliphatic heterocycles. The second kappa shape index (κ2) is 10.8. The highest BCUT2D eigenvalue weighted by atomic mass is 16.5. The van der Waals surface area contributed by atoms with Gasteiger partial charge in [0.1, 0.15) is 12.4 Å². The summed E-state index contributed by atoms with van der Waals surface area (Å²) < 4.78 is 5.95. The molecule has 0 saturated carbocycles. The van der Waals surface area contributed by atoms with Crippen LogP contribution in [0.5, 0.6) is 5.75 Å². The van der Waals surface area contributed by atoms with Crippen molar-refractivity contribution >= 4 is 0 Å². The fourth-order valence-electron chi connectivity index (χ4n) is 4.30. The van der Waals surface area contributed by atoms with Crippen LogP contribution in [0.2, 0.25) is 0 Å². The normalized spacial score (nSPS) is 14.3. The van der Waals surface area contributed by atoms with Crippen LogP contribution in [0.25, 0.3) is 0 Å². The van der Waals surface area contributed by atoms with Gasteiger partial charge in [-0.2, -0.15) is 0 Å². The molecule has 0 spiro atoms. The Kier molecular flexibility index (Phi) is 8.92. The zero-order chi connectivity index (χ0) is 24.1. The van der Waals surface area contributed by atoms with Crippen LogP contribution < -0.4 is 4.74 Å². The van der Waals surface area contributed by atoms with Gasteiger partial charge in [0.15, 0.2) is 0 Å². The van der Waals surface area contributed by atoms with Gasteiger partial charge in [0.25, 0.3) is 0 Å². The van der Waals surface area contributed by atoms with Crippen molar-refractivity contribution in [3.8, 4) is 5.75 Å². The molecule has 2 aromatic rings. The van der Waals surface area contributed by atoms with Crippen molar-refractivity contribution in [2.75, 3.05) is 13.2 Å². The van der Waals surface area contributed by atoms with Crippen LogP contribution in [0.1, 0.15) is 75.3 Å². The van der Waals surface area contributed by atoms with Crippen molar-refractivity contribution in [1.29, 1.82) is 0 Å². The Bertz CT molecular complexity index is 877. The Balaban J connectivity index is 2.35. The number of aryl methyl sites for hydroxylation is 2. The number of aliphatic hydroxyl groups is 3. The molecular weight excluding hydrogens is 400 g/mol. The third-order valence-corrected chi connectivity index (χ3v) is 6.89. The summed E-state index contributed by atoms with van der Waals surface area (Å²) in [5, 5.41) is 29.3. The molecule has 0 aliphatic carbocycles. The Hall–Kier alpha value is -1.88. The second-order valence-electron chi connectivity index (χ2n) is 10.1. The minimum absolute atomic E-state index is 0.118. The largest absolute Gasteiger partial charge is 0.491 e. The Morgan fingerprint density at radius 3 is 1.91 bits per heavy atom. The van der Waals surface area contributed by atoms with E-state index in [1.807, 2.05) is 26.8 Å². The van der Waals surface area contributed by atoms with Gasteiger partial charge in [-0.3, -0.25) is 0 Å². The van der Waals surface area contributed by atoms with Crippen LogP contribution in [-0.2, 0) is 11.8 Å². The lowest BCUT2D eigenvalue weighted by Crippen LogP contribution is -2.32. The molecular formula is C28H42O4. The maximum atomic E-state index is 10.3. The molecule has 2 aromatic carbocycles. The lowest BCUT2D eigenvalue weighted by Gasteiger charge is -2.34. The smallest absolute Gasteiger partial charge is 0.122 e. The Labute approximate surface area is 194 Å². The third kappa shape index (κ3) is 5.92. The highest BCUT2D eigenvalue weighted by Crippen LogP contribution is 2.41. The Morgan fingerprint density at radius 2 is 1.44 bits per heavy atom. The molecule has 0 amide bonds. The van der Waals surface area contributed by atoms with Crippen LogP contribution in [0.4, 0.5) is 0 Å². The fraction of sp³-hybridized carbons (Fsp3) is 0.571. The lowest BCUT2D eigenvalue weighted by atomic mass is 9.69. The average Bonchev–Trinajstić information content (AvgIpc) is 2.75. The molecule has 32 heavy (non-hydrogen) atoms. The summed E-state index contributed by atoms with van der Waals surface area (Å²) in [6.45, 7) is 14.6. The van der Waals surface area contributed by atoms with Gasteiger partial charge in [-0.25, -0.2) is 0 Å². The molecule has 178 valence electrons. The van der Waals surface area contributed by atoms with Crippen molar-refractivity contribution in [3.05, 3.63) is 64.2 Å². The predicted molar refractivity (Wildman–Crippen MR) is 131 cm³/mol. The predicted octanol–water partition coefficient (Wildman–Crippen LogP) is 5.09. The van der Waals surface area contributed by atoms with Crippen molar-refractivity contribution in [3.63, 3.8) is 0 Å². The first kappa shape index (κ1) is 26.4. The molecule has 2 rings (SSSR count). The molecule has 0 bridgehead atoms. The monoisotopic (exact) mass is 442 g/mol. The quantitative estimate of drug-likeness (QED) is 0.479. The van der Waals surface area contributed by atoms with E-state index in [2.05, 4.69) is 58.0 Å². The van der Waals surface area contributed by atoms with Gasteiger partial charge in [-0.05, 0) is 66.0 Å². The van der Waals surface area contributed by atoms with E-state index >= 15 is 0 Å². The standard InChI is InChI=1S/C28H42O4/c1-8-28(9-2,22-11-10-21(19(3)14-22)16-24(30)17-29)23-12-13-25(20(4)15-23)32-18-26(31)27(5,6)7/h10-15,24,26,29-31H,8-9,16-18H2,1-7H3. The fourth-order valence-corrected chi connectivity index (χ4v) is 4.30. The van der Waals surface area contributed by atoms with E-state index in [4.69, 9.17) is 4.74 Å². The maximum Gasteiger partial charge on any atom is 0.122 e. The zero-order valence-electron chi connectivity index (χ0n) is 20.9. The molecule has 2 unspecified atom stereocenters. The molecule has 0 aromatic heterocycles. The van der Waals surface area contributed by atoms with Gasteiger partial charge in [0.05, 0.1) is 18.8 Å². The van der Waals surface area contributed by atoms with Crippen molar-refractivity contribution in [2.45, 2.75) is 85.4 Å². The van der Waals surface area contributed by atoms with E-state index in [1.54, 1.807) is 0 Å². The van der Waals surface area contributed by atoms with Crippen LogP contribution in [0.15, 0.2) is 36.4 Å². The molecule has 0 aliphatic rings. The number of hydrogen-bond donors (Lipinski definition) is 3. The molecule has 0 fully saturated rings. The molecule has 4 heteroatoms. The maximum absolute atomic E-state index is 10.3. The highest BCUT2D eigenvalue weighted by molar-refractivity contribution is 5.47. The van der Waals surface area contributed by atoms with E-state index in [-0.39, 0.29) is 24.0 Å². The number of ether oxygens (including phenoxy) is 1. The first-order valence-corrected chi connectivity index (χ1v) is 11.8. The van der Waals surface area contributed by atoms with E-state index in [9.17, 15) is 15.3 Å². The van der Waals surface area contributed by atoms with Gasteiger partial charge < -0.3 is 20.1 Å². The number of hydrogen-bond acceptors (Lipinski definition) is 4. The van der Waals surface area contributed by atoms with E-state index < -0.39 is 12.2 Å². The molecule has 0 saturated heterocycles. The van der Waals surface area contributed by atoms with Gasteiger partial charge in [-0.1, -0.05) is 65.0 Å². The number of aliphatic hydroxyl groups excluding tert-OH is 3. The number of benzene rings is 2. The van der Waals surface area contributed by atoms with Gasteiger partial charge in [0, 0.05) is 11.8 Å². The molecule has 0 heterocycles. The van der Waals surface area contributed by atoms with Crippen molar-refractivity contribution in [1.82, 2.24) is 0 Å². The van der Waals surface area contributed by atoms with Gasteiger partial charge >= 0.3 is 0 Å². The minimum Gasteiger partial charge on any atom is -0.491 e. The SMILES string of the molecule is CCC(CC)(c1ccc(CC(O)CO)c(C)c1)c1ccc(OCC(O)C(C)(C)C)c(C)c1. The summed E-state index contributed by atoms with van der Waals surface area (Å²) in [5.41, 5.74) is 5.44. The molecule has 2 atom stereocenters. The van der Waals surface area contributed by atoms with Gasteiger partial charge in [0.2, 0.25) is 0 Å². The van der Waals surface area contributed by atoms with Crippen molar-refractivity contribution < 1.29 is 20.1 Å². The highest BCUT2D eigenvalue weighted by Gasteiger charge is 2.31. The van der Waals surface area contributed by atoms with Crippen LogP contribution in [0.3, 0.4) is 0 Å². The van der Waals surface area contributed by atoms with Crippen molar-refractivity contribution in [2.24, 2.45) is 5.41 Å². The lowest BCUT2D eigenvalue weighted by molar-refractivity contribution is 0.0216. The van der Waals surface area contributed by atoms with Gasteiger partial charge in [-0.15, -0.1) is 0 Å². The minimum atomic E-state index is -0.728. The van der Waals surface area contributed by atoms with Crippen LogP contribution in [0, 0.1) is 19.3 Å². The molecule has 4 nitrogen and oxygen atoms in total. The van der Waals surface area contributed by atoms with Crippen LogP contribution >= 0.6 is 0 Å². The zero-order valence-corrected chi connectivity index (χ0v) is 20.9. The summed E-state index contributed by atoms with van der Waals surface area (Å²) in [7, 11) is 0. The summed E-state index contributed by atoms with van der Waals surface area (Å²) >= 11 is 0. The molecule has 3 N–H and O–H groups in total.